The van der Waals surface area contributed by atoms with Crippen LogP contribution in [0.3, 0.4) is 0 Å². The topological polar surface area (TPSA) is 341 Å². The van der Waals surface area contributed by atoms with Gasteiger partial charge in [-0.3, -0.25) is 38.4 Å². The van der Waals surface area contributed by atoms with E-state index >= 15 is 0 Å². The Morgan fingerprint density at radius 2 is 1.09 bits per heavy atom. The molecule has 0 aliphatic heterocycles. The molecule has 0 aromatic heterocycles. The summed E-state index contributed by atoms with van der Waals surface area (Å²) in [4.78, 5) is 108. The summed E-state index contributed by atoms with van der Waals surface area (Å²) in [5, 5.41) is 56.1. The second kappa shape index (κ2) is 20.2. The largest absolute Gasteiger partial charge is 0.481 e. The molecule has 254 valence electrons. The molecule has 0 aromatic carbocycles. The van der Waals surface area contributed by atoms with Gasteiger partial charge in [-0.15, -0.1) is 0 Å². The second-order valence-electron chi connectivity index (χ2n) is 10.2. The maximum absolute atomic E-state index is 12.9. The maximum atomic E-state index is 12.9. The fourth-order valence-corrected chi connectivity index (χ4v) is 3.59. The van der Waals surface area contributed by atoms with Crippen LogP contribution in [0.4, 0.5) is 0 Å². The van der Waals surface area contributed by atoms with Gasteiger partial charge in [-0.1, -0.05) is 13.8 Å². The predicted molar refractivity (Wildman–Crippen MR) is 149 cm³/mol. The molecular formula is C25H40N6O14. The minimum absolute atomic E-state index is 0.000823. The van der Waals surface area contributed by atoms with Gasteiger partial charge in [0, 0.05) is 12.8 Å². The minimum atomic E-state index is -1.86. The number of carboxylic acids is 4. The summed E-state index contributed by atoms with van der Waals surface area (Å²) in [7, 11) is 0. The fourth-order valence-electron chi connectivity index (χ4n) is 3.59. The molecule has 12 N–H and O–H groups in total. The molecule has 0 aliphatic rings. The van der Waals surface area contributed by atoms with Crippen LogP contribution in [0.5, 0.6) is 0 Å². The lowest BCUT2D eigenvalue weighted by molar-refractivity contribution is -0.144. The van der Waals surface area contributed by atoms with Crippen LogP contribution in [0.2, 0.25) is 0 Å². The van der Waals surface area contributed by atoms with Crippen LogP contribution in [0.1, 0.15) is 52.4 Å². The molecule has 0 saturated heterocycles. The average Bonchev–Trinajstić information content (AvgIpc) is 2.93. The third-order valence-corrected chi connectivity index (χ3v) is 5.87. The standard InChI is InChI=1S/C25H40N6O14/c1-11(2)7-16(25(44)45)31-23(42)14(4-6-19(36)37)30-24(43)15(8-20(38)39)28-17(33)9-27-22(41)13(3-5-18(34)35)29-21(40)12(26)10-32/h11-16,32H,3-10,26H2,1-2H3,(H,27,41)(H,28,33)(H,29,40)(H,30,43)(H,31,42)(H,34,35)(H,36,37)(H,38,39)(H,44,45). The van der Waals surface area contributed by atoms with Crippen LogP contribution in [0, 0.1) is 5.92 Å². The molecule has 5 atom stereocenters. The van der Waals surface area contributed by atoms with Crippen LogP contribution in [-0.2, 0) is 43.2 Å². The van der Waals surface area contributed by atoms with Crippen molar-refractivity contribution in [3.05, 3.63) is 0 Å². The number of hydrogen-bond donors (Lipinski definition) is 11. The second-order valence-corrected chi connectivity index (χ2v) is 10.2. The summed E-state index contributed by atoms with van der Waals surface area (Å²) in [6, 6.07) is -7.82. The summed E-state index contributed by atoms with van der Waals surface area (Å²) >= 11 is 0. The maximum Gasteiger partial charge on any atom is 0.326 e. The number of carbonyl (C=O) groups excluding carboxylic acids is 5. The average molecular weight is 649 g/mol. The predicted octanol–water partition coefficient (Wildman–Crippen LogP) is -4.30. The highest BCUT2D eigenvalue weighted by atomic mass is 16.4. The van der Waals surface area contributed by atoms with Crippen molar-refractivity contribution in [3.8, 4) is 0 Å². The van der Waals surface area contributed by atoms with Crippen LogP contribution >= 0.6 is 0 Å². The lowest BCUT2D eigenvalue weighted by Gasteiger charge is -2.24. The number of aliphatic hydroxyl groups excluding tert-OH is 1. The normalized spacial score (nSPS) is 14.1. The Bertz CT molecular complexity index is 1110. The van der Waals surface area contributed by atoms with Gasteiger partial charge in [0.05, 0.1) is 19.6 Å². The number of nitrogens with two attached hydrogens (primary N) is 1. The van der Waals surface area contributed by atoms with Crippen molar-refractivity contribution in [2.75, 3.05) is 13.2 Å². The van der Waals surface area contributed by atoms with E-state index in [2.05, 4.69) is 21.3 Å². The van der Waals surface area contributed by atoms with E-state index in [1.165, 1.54) is 0 Å². The monoisotopic (exact) mass is 648 g/mol. The van der Waals surface area contributed by atoms with Gasteiger partial charge in [0.1, 0.15) is 30.2 Å². The summed E-state index contributed by atoms with van der Waals surface area (Å²) in [5.41, 5.74) is 5.37. The molecule has 0 saturated carbocycles. The SMILES string of the molecule is CC(C)CC(NC(=O)C(CCC(=O)O)NC(=O)C(CC(=O)O)NC(=O)CNC(=O)C(CCC(=O)O)NC(=O)C(N)CO)C(=O)O. The number of carboxylic acid groups (broad SMARTS) is 4. The van der Waals surface area contributed by atoms with E-state index in [1.807, 2.05) is 5.32 Å². The van der Waals surface area contributed by atoms with Crippen molar-refractivity contribution in [1.29, 1.82) is 0 Å². The van der Waals surface area contributed by atoms with E-state index in [4.69, 9.17) is 21.1 Å². The summed E-state index contributed by atoms with van der Waals surface area (Å²) in [6.07, 6.45) is -3.21. The van der Waals surface area contributed by atoms with Crippen LogP contribution in [0.25, 0.3) is 0 Å². The molecule has 5 unspecified atom stereocenters. The zero-order valence-corrected chi connectivity index (χ0v) is 24.6. The highest BCUT2D eigenvalue weighted by molar-refractivity contribution is 5.96. The molecule has 20 heteroatoms. The van der Waals surface area contributed by atoms with Gasteiger partial charge >= 0.3 is 23.9 Å². The lowest BCUT2D eigenvalue weighted by atomic mass is 10.0. The Hall–Kier alpha value is -4.85. The Morgan fingerprint density at radius 3 is 1.53 bits per heavy atom. The summed E-state index contributed by atoms with van der Waals surface area (Å²) in [5.74, 6) is -11.3. The Kier molecular flexibility index (Phi) is 18.0. The summed E-state index contributed by atoms with van der Waals surface area (Å²) in [6.45, 7) is 1.69. The van der Waals surface area contributed by atoms with Crippen LogP contribution in [-0.4, -0.2) is 122 Å². The van der Waals surface area contributed by atoms with E-state index in [0.717, 1.165) is 0 Å². The van der Waals surface area contributed by atoms with Gasteiger partial charge < -0.3 is 57.9 Å². The van der Waals surface area contributed by atoms with E-state index < -0.39 is 129 Å². The first-order chi connectivity index (χ1) is 20.9. The quantitative estimate of drug-likeness (QED) is 0.0529. The smallest absolute Gasteiger partial charge is 0.326 e. The first-order valence-electron chi connectivity index (χ1n) is 13.6. The van der Waals surface area contributed by atoms with Crippen LogP contribution < -0.4 is 32.3 Å². The Labute approximate surface area is 256 Å². The van der Waals surface area contributed by atoms with Gasteiger partial charge in [0.15, 0.2) is 0 Å². The Morgan fingerprint density at radius 1 is 0.622 bits per heavy atom. The molecule has 0 radical (unpaired) electrons. The molecule has 0 spiro atoms. The van der Waals surface area contributed by atoms with Crippen molar-refractivity contribution in [3.63, 3.8) is 0 Å². The van der Waals surface area contributed by atoms with E-state index in [0.29, 0.717) is 0 Å². The highest BCUT2D eigenvalue weighted by Crippen LogP contribution is 2.08. The number of aliphatic carboxylic acids is 4. The van der Waals surface area contributed by atoms with Crippen molar-refractivity contribution in [1.82, 2.24) is 26.6 Å². The molecule has 0 fully saturated rings. The zero-order valence-electron chi connectivity index (χ0n) is 24.6. The van der Waals surface area contributed by atoms with Crippen molar-refractivity contribution in [2.45, 2.75) is 82.6 Å². The molecule has 0 aliphatic carbocycles. The zero-order chi connectivity index (χ0) is 34.9. The van der Waals surface area contributed by atoms with Crippen molar-refractivity contribution >= 4 is 53.4 Å². The van der Waals surface area contributed by atoms with Gasteiger partial charge in [-0.25, -0.2) is 4.79 Å². The number of carbonyl (C=O) groups is 9. The van der Waals surface area contributed by atoms with E-state index in [9.17, 15) is 53.4 Å². The molecular weight excluding hydrogens is 608 g/mol. The van der Waals surface area contributed by atoms with Gasteiger partial charge in [-0.05, 0) is 25.2 Å². The molecule has 0 heterocycles. The third-order valence-electron chi connectivity index (χ3n) is 5.87. The molecule has 5 amide bonds. The lowest BCUT2D eigenvalue weighted by Crippen LogP contribution is -2.57. The first kappa shape index (κ1) is 40.1. The number of rotatable bonds is 22. The van der Waals surface area contributed by atoms with Gasteiger partial charge in [0.2, 0.25) is 29.5 Å². The van der Waals surface area contributed by atoms with Gasteiger partial charge in [0.25, 0.3) is 0 Å². The summed E-state index contributed by atoms with van der Waals surface area (Å²) < 4.78 is 0. The number of amides is 5. The number of aliphatic hydroxyl groups is 1. The molecule has 0 aromatic rings. The molecule has 20 nitrogen and oxygen atoms in total. The molecule has 0 rings (SSSR count). The first-order valence-corrected chi connectivity index (χ1v) is 13.6. The van der Waals surface area contributed by atoms with E-state index in [1.54, 1.807) is 13.8 Å². The molecule has 0 bridgehead atoms. The van der Waals surface area contributed by atoms with Crippen LogP contribution in [0.15, 0.2) is 0 Å². The molecule has 45 heavy (non-hydrogen) atoms. The highest BCUT2D eigenvalue weighted by Gasteiger charge is 2.32. The van der Waals surface area contributed by atoms with Crippen molar-refractivity contribution < 1.29 is 68.7 Å². The minimum Gasteiger partial charge on any atom is -0.481 e. The third kappa shape index (κ3) is 17.1. The van der Waals surface area contributed by atoms with Crippen molar-refractivity contribution in [2.24, 2.45) is 11.7 Å². The number of hydrogen-bond acceptors (Lipinski definition) is 11. The Balaban J connectivity index is 5.66. The fraction of sp³-hybridized carbons (Fsp3) is 0.640. The van der Waals surface area contributed by atoms with E-state index in [-0.39, 0.29) is 12.3 Å². The number of nitrogens with one attached hydrogen (secondary N) is 5. The van der Waals surface area contributed by atoms with Gasteiger partial charge in [-0.2, -0.15) is 0 Å².